The molecule has 2 heterocycles. The maximum Gasteiger partial charge on any atom is 0.261 e. The maximum atomic E-state index is 12.8. The van der Waals surface area contributed by atoms with Crippen molar-refractivity contribution in [1.29, 1.82) is 0 Å². The normalized spacial score (nSPS) is 23.2. The second-order valence-corrected chi connectivity index (χ2v) is 8.96. The van der Waals surface area contributed by atoms with Crippen molar-refractivity contribution in [3.05, 3.63) is 35.4 Å². The minimum Gasteiger partial charge on any atom is -0.307 e. The summed E-state index contributed by atoms with van der Waals surface area (Å²) in [6.45, 7) is 8.76. The highest BCUT2D eigenvalue weighted by Crippen LogP contribution is 2.38. The van der Waals surface area contributed by atoms with E-state index < -0.39 is 0 Å². The molecule has 2 aliphatic heterocycles. The van der Waals surface area contributed by atoms with Gasteiger partial charge in [0.15, 0.2) is 0 Å². The van der Waals surface area contributed by atoms with Crippen LogP contribution in [0.4, 0.5) is 0 Å². The van der Waals surface area contributed by atoms with Gasteiger partial charge in [0.1, 0.15) is 0 Å². The highest BCUT2D eigenvalue weighted by atomic mass is 79.9. The van der Waals surface area contributed by atoms with Crippen LogP contribution in [-0.4, -0.2) is 39.2 Å². The summed E-state index contributed by atoms with van der Waals surface area (Å²) < 4.78 is 0. The van der Waals surface area contributed by atoms with Gasteiger partial charge in [-0.1, -0.05) is 28.1 Å². The number of alkyl halides is 1. The van der Waals surface area contributed by atoms with Crippen molar-refractivity contribution in [2.24, 2.45) is 5.92 Å². The number of hydrogen-bond donors (Lipinski definition) is 1. The Morgan fingerprint density at radius 3 is 1.92 bits per heavy atom. The Hall–Kier alpha value is -0.720. The van der Waals surface area contributed by atoms with E-state index in [0.29, 0.717) is 16.5 Å². The van der Waals surface area contributed by atoms with E-state index in [9.17, 15) is 9.59 Å². The van der Waals surface area contributed by atoms with Gasteiger partial charge in [-0.2, -0.15) is 0 Å². The number of fused-ring (bicyclic) bond motifs is 1. The third-order valence-corrected chi connectivity index (χ3v) is 5.74. The number of carbonyl (C=O) groups excluding carboxylic acids is 2. The molecule has 1 aromatic carbocycles. The van der Waals surface area contributed by atoms with Gasteiger partial charge in [0.25, 0.3) is 11.8 Å². The lowest BCUT2D eigenvalue weighted by molar-refractivity contribution is 0.0405. The van der Waals surface area contributed by atoms with Gasteiger partial charge in [-0.15, -0.1) is 17.0 Å². The number of rotatable bonds is 3. The number of benzene rings is 1. The zero-order chi connectivity index (χ0) is 17.7. The predicted octanol–water partition coefficient (Wildman–Crippen LogP) is 4.18. The van der Waals surface area contributed by atoms with E-state index in [1.54, 1.807) is 12.1 Å². The van der Waals surface area contributed by atoms with Gasteiger partial charge in [-0.05, 0) is 58.6 Å². The van der Waals surface area contributed by atoms with E-state index in [1.165, 1.54) is 4.90 Å². The van der Waals surface area contributed by atoms with Crippen LogP contribution in [0.1, 0.15) is 61.3 Å². The summed E-state index contributed by atoms with van der Waals surface area (Å²) in [5, 5.41) is 4.27. The molecule has 25 heavy (non-hydrogen) atoms. The Balaban J connectivity index is 0.00000225. The molecule has 6 heteroatoms. The average molecular weight is 474 g/mol. The molecule has 1 N–H and O–H groups in total. The predicted molar refractivity (Wildman–Crippen MR) is 109 cm³/mol. The van der Waals surface area contributed by atoms with E-state index in [-0.39, 0.29) is 51.8 Å². The van der Waals surface area contributed by atoms with Crippen LogP contribution in [0.2, 0.25) is 0 Å². The minimum atomic E-state index is -0.158. The molecule has 1 saturated heterocycles. The third kappa shape index (κ3) is 3.86. The number of amides is 2. The Morgan fingerprint density at radius 1 is 1.08 bits per heavy atom. The van der Waals surface area contributed by atoms with Crippen molar-refractivity contribution in [2.45, 2.75) is 57.7 Å². The number of imide groups is 1. The largest absolute Gasteiger partial charge is 0.307 e. The van der Waals surface area contributed by atoms with E-state index in [2.05, 4.69) is 48.9 Å². The first kappa shape index (κ1) is 20.6. The molecule has 2 aliphatic rings. The fourth-order valence-electron chi connectivity index (χ4n) is 4.59. The highest BCUT2D eigenvalue weighted by Gasteiger charge is 2.47. The smallest absolute Gasteiger partial charge is 0.261 e. The van der Waals surface area contributed by atoms with E-state index in [1.807, 2.05) is 12.1 Å². The monoisotopic (exact) mass is 472 g/mol. The first-order valence-electron chi connectivity index (χ1n) is 8.47. The van der Waals surface area contributed by atoms with Crippen LogP contribution in [0, 0.1) is 5.92 Å². The molecular formula is C19H26Br2N2O2. The SMILES string of the molecule is Br.CC1(C)CC(C(CBr)N2C(=O)c3ccccc3C2=O)CC(C)(C)N1. The molecule has 0 radical (unpaired) electrons. The lowest BCUT2D eigenvalue weighted by Gasteiger charge is -2.49. The van der Waals surface area contributed by atoms with Crippen molar-refractivity contribution >= 4 is 44.7 Å². The van der Waals surface area contributed by atoms with Crippen molar-refractivity contribution in [2.75, 3.05) is 5.33 Å². The van der Waals surface area contributed by atoms with Gasteiger partial charge in [-0.25, -0.2) is 0 Å². The molecule has 1 unspecified atom stereocenters. The van der Waals surface area contributed by atoms with Crippen LogP contribution in [0.15, 0.2) is 24.3 Å². The second kappa shape index (κ2) is 7.12. The fourth-order valence-corrected chi connectivity index (χ4v) is 5.41. The number of nitrogens with one attached hydrogen (secondary N) is 1. The molecule has 0 saturated carbocycles. The first-order chi connectivity index (χ1) is 11.2. The van der Waals surface area contributed by atoms with Crippen LogP contribution in [0.5, 0.6) is 0 Å². The van der Waals surface area contributed by atoms with Crippen molar-refractivity contribution < 1.29 is 9.59 Å². The summed E-state index contributed by atoms with van der Waals surface area (Å²) in [7, 11) is 0. The average Bonchev–Trinajstić information content (AvgIpc) is 2.71. The standard InChI is InChI=1S/C19H25BrN2O2.BrH/c1-18(2)9-12(10-19(3,4)21-18)15(11-20)22-16(23)13-7-5-6-8-14(13)17(22)24;/h5-8,12,15,21H,9-11H2,1-4H3;1H. The summed E-state index contributed by atoms with van der Waals surface area (Å²) in [6, 6.07) is 6.99. The zero-order valence-electron chi connectivity index (χ0n) is 15.1. The molecular weight excluding hydrogens is 448 g/mol. The summed E-state index contributed by atoms with van der Waals surface area (Å²) in [4.78, 5) is 27.2. The van der Waals surface area contributed by atoms with Crippen molar-refractivity contribution in [3.63, 3.8) is 0 Å². The lowest BCUT2D eigenvalue weighted by Crippen LogP contribution is -2.61. The Morgan fingerprint density at radius 2 is 1.52 bits per heavy atom. The molecule has 0 bridgehead atoms. The van der Waals surface area contributed by atoms with Crippen LogP contribution in [0.3, 0.4) is 0 Å². The van der Waals surface area contributed by atoms with Gasteiger partial charge in [-0.3, -0.25) is 14.5 Å². The Kier molecular flexibility index (Phi) is 5.87. The molecule has 1 atom stereocenters. The van der Waals surface area contributed by atoms with Crippen LogP contribution in [0.25, 0.3) is 0 Å². The van der Waals surface area contributed by atoms with Crippen molar-refractivity contribution in [3.8, 4) is 0 Å². The molecule has 0 aromatic heterocycles. The van der Waals surface area contributed by atoms with Crippen LogP contribution < -0.4 is 5.32 Å². The summed E-state index contributed by atoms with van der Waals surface area (Å²) in [5.41, 5.74) is 1.01. The molecule has 3 rings (SSSR count). The van der Waals surface area contributed by atoms with Gasteiger partial charge in [0.2, 0.25) is 0 Å². The van der Waals surface area contributed by atoms with Crippen LogP contribution in [-0.2, 0) is 0 Å². The van der Waals surface area contributed by atoms with Gasteiger partial charge in [0.05, 0.1) is 17.2 Å². The summed E-state index contributed by atoms with van der Waals surface area (Å²) in [5.74, 6) is -0.0544. The maximum absolute atomic E-state index is 12.8. The second-order valence-electron chi connectivity index (χ2n) is 8.31. The number of carbonyl (C=O) groups is 2. The molecule has 1 fully saturated rings. The third-order valence-electron chi connectivity index (χ3n) is 5.08. The molecule has 138 valence electrons. The van der Waals surface area contributed by atoms with E-state index in [4.69, 9.17) is 0 Å². The van der Waals surface area contributed by atoms with Gasteiger partial charge >= 0.3 is 0 Å². The highest BCUT2D eigenvalue weighted by molar-refractivity contribution is 9.09. The quantitative estimate of drug-likeness (QED) is 0.529. The van der Waals surface area contributed by atoms with Crippen molar-refractivity contribution in [1.82, 2.24) is 10.2 Å². The number of nitrogens with zero attached hydrogens (tertiary/aromatic N) is 1. The van der Waals surface area contributed by atoms with E-state index in [0.717, 1.165) is 12.8 Å². The summed E-state index contributed by atoms with van der Waals surface area (Å²) >= 11 is 3.57. The molecule has 4 nitrogen and oxygen atoms in total. The van der Waals surface area contributed by atoms with Gasteiger partial charge < -0.3 is 5.32 Å². The topological polar surface area (TPSA) is 49.4 Å². The van der Waals surface area contributed by atoms with Gasteiger partial charge in [0, 0.05) is 16.4 Å². The zero-order valence-corrected chi connectivity index (χ0v) is 18.4. The van der Waals surface area contributed by atoms with Crippen LogP contribution >= 0.6 is 32.9 Å². The molecule has 0 spiro atoms. The Bertz CT molecular complexity index is 637. The molecule has 2 amide bonds. The Labute approximate surface area is 168 Å². The fraction of sp³-hybridized carbons (Fsp3) is 0.579. The molecule has 0 aliphatic carbocycles. The number of hydrogen-bond acceptors (Lipinski definition) is 3. The summed E-state index contributed by atoms with van der Waals surface area (Å²) in [6.07, 6.45) is 1.86. The van der Waals surface area contributed by atoms with E-state index >= 15 is 0 Å². The minimum absolute atomic E-state index is 0. The number of piperidine rings is 1. The number of halogens is 2. The molecule has 1 aromatic rings. The lowest BCUT2D eigenvalue weighted by atomic mass is 9.73. The first-order valence-corrected chi connectivity index (χ1v) is 9.59.